The van der Waals surface area contributed by atoms with Gasteiger partial charge in [-0.2, -0.15) is 26.3 Å². The highest BCUT2D eigenvalue weighted by Crippen LogP contribution is 2.33. The van der Waals surface area contributed by atoms with Gasteiger partial charge in [0, 0.05) is 5.69 Å². The standard InChI is InChI=1S/C13H5F6N7O/c14-12(15,16)5-2-1-3-6(4-5)20-7-9-22-23-11(13(17,18)19)26(9)10-8(21-7)24-27-25-10/h1-4H,(H,20,21,24). The van der Waals surface area contributed by atoms with E-state index < -0.39 is 35.0 Å². The van der Waals surface area contributed by atoms with Gasteiger partial charge >= 0.3 is 12.4 Å². The van der Waals surface area contributed by atoms with Crippen LogP contribution in [0.2, 0.25) is 0 Å². The lowest BCUT2D eigenvalue weighted by atomic mass is 10.2. The monoisotopic (exact) mass is 389 g/mol. The van der Waals surface area contributed by atoms with Crippen LogP contribution >= 0.6 is 0 Å². The van der Waals surface area contributed by atoms with Crippen LogP contribution in [0.1, 0.15) is 11.4 Å². The lowest BCUT2D eigenvalue weighted by Gasteiger charge is -2.11. The normalized spacial score (nSPS) is 12.8. The number of hydrogen-bond acceptors (Lipinski definition) is 7. The average molecular weight is 389 g/mol. The van der Waals surface area contributed by atoms with Crippen LogP contribution in [0, 0.1) is 0 Å². The lowest BCUT2D eigenvalue weighted by molar-refractivity contribution is -0.145. The molecule has 0 aliphatic heterocycles. The summed E-state index contributed by atoms with van der Waals surface area (Å²) in [6, 6.07) is 4.02. The van der Waals surface area contributed by atoms with E-state index in [4.69, 9.17) is 0 Å². The number of nitrogens with one attached hydrogen (secondary N) is 1. The van der Waals surface area contributed by atoms with Crippen LogP contribution in [-0.2, 0) is 12.4 Å². The molecule has 1 N–H and O–H groups in total. The summed E-state index contributed by atoms with van der Waals surface area (Å²) in [6.45, 7) is 0. The molecule has 4 aromatic rings. The number of fused-ring (bicyclic) bond motifs is 3. The van der Waals surface area contributed by atoms with Gasteiger partial charge in [0.1, 0.15) is 0 Å². The predicted molar refractivity (Wildman–Crippen MR) is 75.9 cm³/mol. The molecular weight excluding hydrogens is 384 g/mol. The van der Waals surface area contributed by atoms with Gasteiger partial charge in [0.15, 0.2) is 5.82 Å². The number of rotatable bonds is 2. The molecule has 0 fully saturated rings. The molecule has 1 aromatic carbocycles. The molecule has 0 bridgehead atoms. The number of anilines is 2. The molecule has 0 atom stereocenters. The van der Waals surface area contributed by atoms with Crippen molar-refractivity contribution < 1.29 is 31.0 Å². The van der Waals surface area contributed by atoms with Gasteiger partial charge in [-0.1, -0.05) is 6.07 Å². The van der Waals surface area contributed by atoms with E-state index in [9.17, 15) is 26.3 Å². The third-order valence-corrected chi connectivity index (χ3v) is 3.47. The van der Waals surface area contributed by atoms with E-state index in [0.29, 0.717) is 4.40 Å². The highest BCUT2D eigenvalue weighted by molar-refractivity contribution is 5.79. The minimum atomic E-state index is -4.87. The molecule has 0 amide bonds. The van der Waals surface area contributed by atoms with Gasteiger partial charge in [-0.05, 0) is 28.5 Å². The van der Waals surface area contributed by atoms with E-state index >= 15 is 0 Å². The van der Waals surface area contributed by atoms with Gasteiger partial charge in [-0.3, -0.25) is 0 Å². The molecule has 0 radical (unpaired) electrons. The fourth-order valence-electron chi connectivity index (χ4n) is 2.36. The number of nitrogens with zero attached hydrogens (tertiary/aromatic N) is 6. The van der Waals surface area contributed by atoms with Gasteiger partial charge in [-0.15, -0.1) is 10.2 Å². The summed E-state index contributed by atoms with van der Waals surface area (Å²) in [5.74, 6) is -1.71. The SMILES string of the molecule is FC(F)(F)c1cccc(Nc2nc3nonc3n3c(C(F)(F)F)nnc23)c1. The zero-order valence-corrected chi connectivity index (χ0v) is 12.7. The summed E-state index contributed by atoms with van der Waals surface area (Å²) < 4.78 is 82.9. The Balaban J connectivity index is 1.88. The van der Waals surface area contributed by atoms with E-state index in [1.165, 1.54) is 6.07 Å². The molecule has 14 heteroatoms. The summed E-state index contributed by atoms with van der Waals surface area (Å²) in [7, 11) is 0. The van der Waals surface area contributed by atoms with Crippen molar-refractivity contribution in [3.05, 3.63) is 35.7 Å². The summed E-state index contributed by atoms with van der Waals surface area (Å²) in [6.07, 6.45) is -9.47. The minimum absolute atomic E-state index is 0.0772. The molecule has 8 nitrogen and oxygen atoms in total. The van der Waals surface area contributed by atoms with Crippen molar-refractivity contribution in [2.45, 2.75) is 12.4 Å². The molecule has 0 saturated carbocycles. The van der Waals surface area contributed by atoms with Crippen molar-refractivity contribution in [2.75, 3.05) is 5.32 Å². The molecule has 3 aromatic heterocycles. The Kier molecular flexibility index (Phi) is 3.47. The molecule has 0 aliphatic rings. The van der Waals surface area contributed by atoms with Crippen molar-refractivity contribution in [3.8, 4) is 0 Å². The maximum absolute atomic E-state index is 13.2. The predicted octanol–water partition coefficient (Wildman–Crippen LogP) is 3.44. The van der Waals surface area contributed by atoms with Crippen LogP contribution in [0.5, 0.6) is 0 Å². The van der Waals surface area contributed by atoms with Crippen molar-refractivity contribution in [3.63, 3.8) is 0 Å². The Morgan fingerprint density at radius 1 is 0.926 bits per heavy atom. The minimum Gasteiger partial charge on any atom is -0.337 e. The zero-order chi connectivity index (χ0) is 19.4. The average Bonchev–Trinajstić information content (AvgIpc) is 3.20. The second kappa shape index (κ2) is 5.52. The van der Waals surface area contributed by atoms with Crippen LogP contribution in [0.4, 0.5) is 37.8 Å². The van der Waals surface area contributed by atoms with Gasteiger partial charge in [-0.25, -0.2) is 14.0 Å². The Morgan fingerprint density at radius 2 is 1.70 bits per heavy atom. The molecule has 0 unspecified atom stereocenters. The van der Waals surface area contributed by atoms with Crippen LogP contribution in [0.3, 0.4) is 0 Å². The van der Waals surface area contributed by atoms with E-state index in [2.05, 4.69) is 35.4 Å². The highest BCUT2D eigenvalue weighted by Gasteiger charge is 2.39. The summed E-state index contributed by atoms with van der Waals surface area (Å²) in [4.78, 5) is 3.90. The van der Waals surface area contributed by atoms with Crippen molar-refractivity contribution in [2.24, 2.45) is 0 Å². The van der Waals surface area contributed by atoms with Crippen LogP contribution in [0.25, 0.3) is 16.9 Å². The smallest absolute Gasteiger partial charge is 0.337 e. The van der Waals surface area contributed by atoms with Gasteiger partial charge in [0.25, 0.3) is 0 Å². The first-order valence-electron chi connectivity index (χ1n) is 7.03. The summed E-state index contributed by atoms with van der Waals surface area (Å²) in [5, 5.41) is 15.7. The highest BCUT2D eigenvalue weighted by atomic mass is 19.4. The molecule has 140 valence electrons. The first-order valence-corrected chi connectivity index (χ1v) is 7.03. The number of aromatic nitrogens is 6. The van der Waals surface area contributed by atoms with E-state index in [-0.39, 0.29) is 17.2 Å². The van der Waals surface area contributed by atoms with Crippen molar-refractivity contribution in [1.82, 2.24) is 29.9 Å². The zero-order valence-electron chi connectivity index (χ0n) is 12.7. The van der Waals surface area contributed by atoms with Gasteiger partial charge < -0.3 is 5.32 Å². The van der Waals surface area contributed by atoms with E-state index in [1.807, 2.05) is 0 Å². The topological polar surface area (TPSA) is 94.0 Å². The van der Waals surface area contributed by atoms with Gasteiger partial charge in [0.05, 0.1) is 5.56 Å². The lowest BCUT2D eigenvalue weighted by Crippen LogP contribution is -2.12. The maximum Gasteiger partial charge on any atom is 0.452 e. The molecule has 27 heavy (non-hydrogen) atoms. The number of hydrogen-bond donors (Lipinski definition) is 1. The molecule has 4 rings (SSSR count). The summed E-state index contributed by atoms with van der Waals surface area (Å²) >= 11 is 0. The third-order valence-electron chi connectivity index (χ3n) is 3.47. The van der Waals surface area contributed by atoms with Crippen LogP contribution < -0.4 is 5.32 Å². The summed E-state index contributed by atoms with van der Waals surface area (Å²) in [5.41, 5.74) is -2.15. The molecule has 0 saturated heterocycles. The van der Waals surface area contributed by atoms with E-state index in [1.54, 1.807) is 0 Å². The second-order valence-corrected chi connectivity index (χ2v) is 5.26. The fourth-order valence-corrected chi connectivity index (χ4v) is 2.36. The first kappa shape index (κ1) is 17.0. The van der Waals surface area contributed by atoms with Crippen LogP contribution in [-0.4, -0.2) is 29.9 Å². The molecule has 0 aliphatic carbocycles. The largest absolute Gasteiger partial charge is 0.452 e. The molecule has 0 spiro atoms. The maximum atomic E-state index is 13.2. The first-order chi connectivity index (χ1) is 12.6. The van der Waals surface area contributed by atoms with Crippen molar-refractivity contribution >= 4 is 28.4 Å². The van der Waals surface area contributed by atoms with Crippen molar-refractivity contribution in [1.29, 1.82) is 0 Å². The van der Waals surface area contributed by atoms with Crippen LogP contribution in [0.15, 0.2) is 28.9 Å². The Hall–Kier alpha value is -3.45. The van der Waals surface area contributed by atoms with Gasteiger partial charge in [0.2, 0.25) is 22.8 Å². The number of halogens is 6. The second-order valence-electron chi connectivity index (χ2n) is 5.26. The fraction of sp³-hybridized carbons (Fsp3) is 0.154. The number of benzene rings is 1. The molecule has 3 heterocycles. The Labute approximate surface area is 143 Å². The Morgan fingerprint density at radius 3 is 2.41 bits per heavy atom. The quantitative estimate of drug-likeness (QED) is 0.525. The third kappa shape index (κ3) is 2.88. The number of alkyl halides is 6. The van der Waals surface area contributed by atoms with E-state index in [0.717, 1.165) is 18.2 Å². The molecular formula is C13H5F6N7O. The Bertz CT molecular complexity index is 1150.